The fourth-order valence-electron chi connectivity index (χ4n) is 3.12. The van der Waals surface area contributed by atoms with Crippen molar-refractivity contribution in [3.63, 3.8) is 0 Å². The molecule has 0 aliphatic rings. The molecule has 130 valence electrons. The van der Waals surface area contributed by atoms with E-state index in [2.05, 4.69) is 38.7 Å². The highest BCUT2D eigenvalue weighted by Gasteiger charge is 2.11. The zero-order valence-electron chi connectivity index (χ0n) is 14.5. The molecule has 2 aromatic carbocycles. The SMILES string of the molecule is Cc1n[nH]c2ccc(-c3cncc(NC(CO)c4ccccc4)c3)cc12. The van der Waals surface area contributed by atoms with Crippen molar-refractivity contribution in [1.29, 1.82) is 0 Å². The van der Waals surface area contributed by atoms with E-state index in [0.29, 0.717) is 0 Å². The Kier molecular flexibility index (Phi) is 4.37. The zero-order valence-corrected chi connectivity index (χ0v) is 14.5. The molecule has 4 rings (SSSR count). The van der Waals surface area contributed by atoms with Gasteiger partial charge in [-0.05, 0) is 36.2 Å². The second-order valence-corrected chi connectivity index (χ2v) is 6.32. The molecule has 1 atom stereocenters. The summed E-state index contributed by atoms with van der Waals surface area (Å²) in [4.78, 5) is 4.36. The molecule has 0 saturated heterocycles. The number of aliphatic hydroxyl groups excluding tert-OH is 1. The Morgan fingerprint density at radius 3 is 2.69 bits per heavy atom. The van der Waals surface area contributed by atoms with Gasteiger partial charge in [-0.15, -0.1) is 0 Å². The Morgan fingerprint density at radius 2 is 1.88 bits per heavy atom. The average molecular weight is 344 g/mol. The van der Waals surface area contributed by atoms with Crippen molar-refractivity contribution in [3.05, 3.63) is 78.2 Å². The maximum Gasteiger partial charge on any atom is 0.0745 e. The molecule has 2 heterocycles. The van der Waals surface area contributed by atoms with Crippen LogP contribution in [0.15, 0.2) is 67.0 Å². The van der Waals surface area contributed by atoms with Gasteiger partial charge in [-0.25, -0.2) is 0 Å². The van der Waals surface area contributed by atoms with E-state index in [1.165, 1.54) is 0 Å². The van der Waals surface area contributed by atoms with Gasteiger partial charge < -0.3 is 10.4 Å². The van der Waals surface area contributed by atoms with Crippen LogP contribution in [-0.4, -0.2) is 26.9 Å². The number of aromatic amines is 1. The van der Waals surface area contributed by atoms with E-state index in [4.69, 9.17) is 0 Å². The molecular weight excluding hydrogens is 324 g/mol. The van der Waals surface area contributed by atoms with Crippen LogP contribution < -0.4 is 5.32 Å². The molecule has 1 unspecified atom stereocenters. The summed E-state index contributed by atoms with van der Waals surface area (Å²) in [6.45, 7) is 2.00. The maximum absolute atomic E-state index is 9.76. The minimum Gasteiger partial charge on any atom is -0.394 e. The summed E-state index contributed by atoms with van der Waals surface area (Å²) in [6.07, 6.45) is 3.62. The molecule has 0 bridgehead atoms. The lowest BCUT2D eigenvalue weighted by Gasteiger charge is -2.18. The third-order valence-electron chi connectivity index (χ3n) is 4.55. The van der Waals surface area contributed by atoms with Crippen molar-refractivity contribution in [1.82, 2.24) is 15.2 Å². The predicted octanol–water partition coefficient (Wildman–Crippen LogP) is 4.08. The molecule has 4 aromatic rings. The Morgan fingerprint density at radius 1 is 1.04 bits per heavy atom. The van der Waals surface area contributed by atoms with Gasteiger partial charge in [-0.3, -0.25) is 10.1 Å². The third kappa shape index (κ3) is 3.17. The van der Waals surface area contributed by atoms with Gasteiger partial charge in [0.2, 0.25) is 0 Å². The van der Waals surface area contributed by atoms with Gasteiger partial charge in [0.1, 0.15) is 0 Å². The van der Waals surface area contributed by atoms with E-state index in [0.717, 1.165) is 39.0 Å². The van der Waals surface area contributed by atoms with E-state index < -0.39 is 0 Å². The van der Waals surface area contributed by atoms with E-state index in [1.54, 1.807) is 6.20 Å². The fraction of sp³-hybridized carbons (Fsp3) is 0.143. The lowest BCUT2D eigenvalue weighted by Crippen LogP contribution is -2.14. The summed E-state index contributed by atoms with van der Waals surface area (Å²) < 4.78 is 0. The molecule has 0 aliphatic heterocycles. The van der Waals surface area contributed by atoms with Gasteiger partial charge in [0.15, 0.2) is 0 Å². The molecule has 0 saturated carbocycles. The van der Waals surface area contributed by atoms with Crippen LogP contribution in [0.2, 0.25) is 0 Å². The van der Waals surface area contributed by atoms with Crippen molar-refractivity contribution in [3.8, 4) is 11.1 Å². The predicted molar refractivity (Wildman–Crippen MR) is 104 cm³/mol. The van der Waals surface area contributed by atoms with Gasteiger partial charge >= 0.3 is 0 Å². The number of rotatable bonds is 5. The maximum atomic E-state index is 9.76. The molecule has 3 N–H and O–H groups in total. The normalized spacial score (nSPS) is 12.2. The van der Waals surface area contributed by atoms with Crippen molar-refractivity contribution in [2.45, 2.75) is 13.0 Å². The van der Waals surface area contributed by atoms with Crippen molar-refractivity contribution in [2.75, 3.05) is 11.9 Å². The Labute approximate surface area is 151 Å². The van der Waals surface area contributed by atoms with Crippen LogP contribution >= 0.6 is 0 Å². The molecule has 0 amide bonds. The van der Waals surface area contributed by atoms with Crippen LogP contribution in [-0.2, 0) is 0 Å². The van der Waals surface area contributed by atoms with Gasteiger partial charge in [-0.2, -0.15) is 5.10 Å². The number of nitrogens with zero attached hydrogens (tertiary/aromatic N) is 2. The number of hydrogen-bond acceptors (Lipinski definition) is 4. The minimum atomic E-state index is -0.174. The van der Waals surface area contributed by atoms with Crippen LogP contribution in [0, 0.1) is 6.92 Å². The quantitative estimate of drug-likeness (QED) is 0.510. The highest BCUT2D eigenvalue weighted by atomic mass is 16.3. The summed E-state index contributed by atoms with van der Waals surface area (Å²) >= 11 is 0. The number of aliphatic hydroxyl groups is 1. The highest BCUT2D eigenvalue weighted by molar-refractivity contribution is 5.86. The first-order valence-corrected chi connectivity index (χ1v) is 8.57. The first kappa shape index (κ1) is 16.3. The lowest BCUT2D eigenvalue weighted by molar-refractivity contribution is 0.276. The second-order valence-electron chi connectivity index (χ2n) is 6.32. The number of aromatic nitrogens is 3. The van der Waals surface area contributed by atoms with Crippen LogP contribution in [0.5, 0.6) is 0 Å². The minimum absolute atomic E-state index is 0.00835. The van der Waals surface area contributed by atoms with Gasteiger partial charge in [-0.1, -0.05) is 36.4 Å². The number of anilines is 1. The van der Waals surface area contributed by atoms with E-state index in [9.17, 15) is 5.11 Å². The first-order valence-electron chi connectivity index (χ1n) is 8.57. The lowest BCUT2D eigenvalue weighted by atomic mass is 10.0. The number of benzene rings is 2. The average Bonchev–Trinajstić information content (AvgIpc) is 3.07. The fourth-order valence-corrected chi connectivity index (χ4v) is 3.12. The number of H-pyrrole nitrogens is 1. The van der Waals surface area contributed by atoms with Gasteiger partial charge in [0.25, 0.3) is 0 Å². The van der Waals surface area contributed by atoms with Gasteiger partial charge in [0, 0.05) is 23.3 Å². The van der Waals surface area contributed by atoms with E-state index in [1.807, 2.05) is 49.5 Å². The standard InChI is InChI=1S/C21H20N4O/c1-14-19-10-16(7-8-20(19)25-24-14)17-9-18(12-22-11-17)23-21(13-26)15-5-3-2-4-6-15/h2-12,21,23,26H,13H2,1H3,(H,24,25). The highest BCUT2D eigenvalue weighted by Crippen LogP contribution is 2.27. The van der Waals surface area contributed by atoms with Crippen molar-refractivity contribution in [2.24, 2.45) is 0 Å². The van der Waals surface area contributed by atoms with Crippen LogP contribution in [0.3, 0.4) is 0 Å². The molecule has 0 spiro atoms. The second kappa shape index (κ2) is 6.98. The van der Waals surface area contributed by atoms with Crippen LogP contribution in [0.25, 0.3) is 22.0 Å². The number of nitrogens with one attached hydrogen (secondary N) is 2. The number of pyridine rings is 1. The van der Waals surface area contributed by atoms with Crippen LogP contribution in [0.4, 0.5) is 5.69 Å². The summed E-state index contributed by atoms with van der Waals surface area (Å²) in [7, 11) is 0. The molecule has 0 aliphatic carbocycles. The van der Waals surface area contributed by atoms with Gasteiger partial charge in [0.05, 0.1) is 29.5 Å². The molecule has 0 radical (unpaired) electrons. The van der Waals surface area contributed by atoms with Crippen molar-refractivity contribution >= 4 is 16.6 Å². The Balaban J connectivity index is 1.64. The monoisotopic (exact) mass is 344 g/mol. The van der Waals surface area contributed by atoms with Crippen molar-refractivity contribution < 1.29 is 5.11 Å². The number of aryl methyl sites for hydroxylation is 1. The largest absolute Gasteiger partial charge is 0.394 e. The summed E-state index contributed by atoms with van der Waals surface area (Å²) in [5, 5.41) is 21.5. The number of hydrogen-bond donors (Lipinski definition) is 3. The Hall–Kier alpha value is -3.18. The molecule has 5 heteroatoms. The molecule has 0 fully saturated rings. The summed E-state index contributed by atoms with van der Waals surface area (Å²) in [5.74, 6) is 0. The van der Waals surface area contributed by atoms with Crippen LogP contribution in [0.1, 0.15) is 17.3 Å². The first-order chi connectivity index (χ1) is 12.7. The molecular formula is C21H20N4O. The molecule has 2 aromatic heterocycles. The third-order valence-corrected chi connectivity index (χ3v) is 4.55. The zero-order chi connectivity index (χ0) is 17.9. The smallest absolute Gasteiger partial charge is 0.0745 e. The molecule has 5 nitrogen and oxygen atoms in total. The summed E-state index contributed by atoms with van der Waals surface area (Å²) in [5.41, 5.74) is 6.01. The topological polar surface area (TPSA) is 73.8 Å². The summed E-state index contributed by atoms with van der Waals surface area (Å²) in [6, 6.07) is 18.0. The Bertz CT molecular complexity index is 1030. The van der Waals surface area contributed by atoms with E-state index in [-0.39, 0.29) is 12.6 Å². The van der Waals surface area contributed by atoms with E-state index >= 15 is 0 Å². The number of fused-ring (bicyclic) bond motifs is 1. The molecule has 26 heavy (non-hydrogen) atoms.